The van der Waals surface area contributed by atoms with Crippen molar-refractivity contribution in [1.82, 2.24) is 0 Å². The highest BCUT2D eigenvalue weighted by atomic mass is 14.4. The van der Waals surface area contributed by atoms with E-state index in [0.717, 1.165) is 0 Å². The number of benzene rings is 10. The normalized spacial score (nSPS) is 15.3. The average Bonchev–Trinajstić information content (AvgIpc) is 3.81. The molecule has 3 aliphatic rings. The van der Waals surface area contributed by atoms with Crippen LogP contribution in [0, 0.1) is 0 Å². The molecule has 0 spiro atoms. The molecule has 0 aromatic heterocycles. The molecule has 0 saturated heterocycles. The molecule has 10 aromatic rings. The highest BCUT2D eigenvalue weighted by molar-refractivity contribution is 6.23. The molecule has 0 aliphatic heterocycles. The lowest BCUT2D eigenvalue weighted by atomic mass is 9.77. The predicted molar refractivity (Wildman–Crippen MR) is 276 cm³/mol. The quantitative estimate of drug-likeness (QED) is 0.155. The van der Waals surface area contributed by atoms with Gasteiger partial charge in [-0.05, 0) is 163 Å². The first-order chi connectivity index (χ1) is 31.5. The van der Waals surface area contributed by atoms with Gasteiger partial charge in [0.05, 0.1) is 0 Å². The summed E-state index contributed by atoms with van der Waals surface area (Å²) in [6.07, 6.45) is 0. The van der Waals surface area contributed by atoms with Crippen LogP contribution in [0.15, 0.2) is 194 Å². The minimum atomic E-state index is -0.153. The summed E-state index contributed by atoms with van der Waals surface area (Å²) in [4.78, 5) is 0. The Bertz CT molecular complexity index is 3650. The van der Waals surface area contributed by atoms with Gasteiger partial charge in [-0.1, -0.05) is 205 Å². The lowest BCUT2D eigenvalue weighted by Crippen LogP contribution is -2.15. The van der Waals surface area contributed by atoms with E-state index in [2.05, 4.69) is 236 Å². The molecule has 3 aliphatic carbocycles. The summed E-state index contributed by atoms with van der Waals surface area (Å²) in [6.45, 7) is 14.4. The maximum Gasteiger partial charge on any atom is 0.0159 e. The number of rotatable bonds is 4. The fourth-order valence-corrected chi connectivity index (χ4v) is 12.4. The van der Waals surface area contributed by atoms with Gasteiger partial charge in [-0.2, -0.15) is 0 Å². The highest BCUT2D eigenvalue weighted by Gasteiger charge is 2.39. The van der Waals surface area contributed by atoms with E-state index in [9.17, 15) is 0 Å². The van der Waals surface area contributed by atoms with E-state index in [-0.39, 0.29) is 16.2 Å². The summed E-state index contributed by atoms with van der Waals surface area (Å²) in [7, 11) is 0. The zero-order valence-corrected chi connectivity index (χ0v) is 38.0. The summed E-state index contributed by atoms with van der Waals surface area (Å²) in [5, 5.41) is 5.16. The van der Waals surface area contributed by atoms with E-state index in [1.165, 1.54) is 133 Å². The van der Waals surface area contributed by atoms with Crippen molar-refractivity contribution in [2.45, 2.75) is 57.8 Å². The Kier molecular flexibility index (Phi) is 7.86. The Morgan fingerprint density at radius 3 is 1.11 bits per heavy atom. The standard InChI is InChI=1S/C65H50/c1-63(2)55-21-13-10-18-45(55)48-31-29-43(35-58(48)63)61-50-33-28-42(41-26-24-40(25-27-41)39-16-8-7-9-17-39)34-52(50)62(44-30-32-49-46-19-11-14-22-56(46)64(3,4)59(49)36-44)54-38-60-51(37-53(54)61)47-20-12-15-23-57(47)65(60,5)6/h7-38H,1-6H3. The maximum absolute atomic E-state index is 2.59. The fraction of sp³-hybridized carbons (Fsp3) is 0.138. The fourth-order valence-electron chi connectivity index (χ4n) is 12.4. The Hall–Kier alpha value is -7.28. The van der Waals surface area contributed by atoms with E-state index in [4.69, 9.17) is 0 Å². The van der Waals surface area contributed by atoms with Crippen molar-refractivity contribution in [3.05, 3.63) is 228 Å². The maximum atomic E-state index is 2.59. The Balaban J connectivity index is 1.13. The second-order valence-electron chi connectivity index (χ2n) is 20.4. The molecule has 0 heteroatoms. The van der Waals surface area contributed by atoms with E-state index in [1.807, 2.05) is 0 Å². The Morgan fingerprint density at radius 1 is 0.215 bits per heavy atom. The summed E-state index contributed by atoms with van der Waals surface area (Å²) >= 11 is 0. The van der Waals surface area contributed by atoms with Crippen molar-refractivity contribution in [2.75, 3.05) is 0 Å². The second kappa shape index (κ2) is 13.4. The minimum absolute atomic E-state index is 0.119. The van der Waals surface area contributed by atoms with Crippen LogP contribution in [-0.2, 0) is 16.2 Å². The zero-order chi connectivity index (χ0) is 44.0. The van der Waals surface area contributed by atoms with Gasteiger partial charge in [0.25, 0.3) is 0 Å². The van der Waals surface area contributed by atoms with Gasteiger partial charge in [-0.25, -0.2) is 0 Å². The Morgan fingerprint density at radius 2 is 0.569 bits per heavy atom. The van der Waals surface area contributed by atoms with Crippen LogP contribution in [0.3, 0.4) is 0 Å². The molecular weight excluding hydrogens is 781 g/mol. The molecule has 13 rings (SSSR count). The van der Waals surface area contributed by atoms with Gasteiger partial charge in [0.15, 0.2) is 0 Å². The van der Waals surface area contributed by atoms with Crippen LogP contribution in [0.5, 0.6) is 0 Å². The average molecular weight is 831 g/mol. The first kappa shape index (κ1) is 38.2. The van der Waals surface area contributed by atoms with E-state index in [0.29, 0.717) is 0 Å². The minimum Gasteiger partial charge on any atom is -0.0622 e. The molecule has 0 atom stereocenters. The molecule has 0 bridgehead atoms. The van der Waals surface area contributed by atoms with E-state index >= 15 is 0 Å². The predicted octanol–water partition coefficient (Wildman–Crippen LogP) is 17.6. The van der Waals surface area contributed by atoms with Crippen molar-refractivity contribution in [1.29, 1.82) is 0 Å². The molecule has 310 valence electrons. The molecule has 65 heavy (non-hydrogen) atoms. The lowest BCUT2D eigenvalue weighted by molar-refractivity contribution is 0.660. The van der Waals surface area contributed by atoms with Crippen LogP contribution >= 0.6 is 0 Å². The van der Waals surface area contributed by atoms with E-state index in [1.54, 1.807) is 0 Å². The highest BCUT2D eigenvalue weighted by Crippen LogP contribution is 2.56. The number of hydrogen-bond acceptors (Lipinski definition) is 0. The molecule has 0 amide bonds. The zero-order valence-electron chi connectivity index (χ0n) is 38.0. The first-order valence-electron chi connectivity index (χ1n) is 23.3. The summed E-state index contributed by atoms with van der Waals surface area (Å²) in [5.41, 5.74) is 26.1. The second-order valence-corrected chi connectivity index (χ2v) is 20.4. The van der Waals surface area contributed by atoms with Crippen LogP contribution in [0.2, 0.25) is 0 Å². The molecule has 0 radical (unpaired) electrons. The molecule has 0 N–H and O–H groups in total. The Labute approximate surface area is 382 Å². The SMILES string of the molecule is CC1(C)c2ccccc2-c2ccc(-c3c4ccc(-c5ccc(-c6ccccc6)cc5)cc4c(-c4ccc5c(c4)C(C)(C)c4ccccc4-5)c4cc5c(cc34)-c3ccccc3C5(C)C)cc21. The van der Waals surface area contributed by atoms with Crippen LogP contribution in [-0.4, -0.2) is 0 Å². The molecular formula is C65H50. The van der Waals surface area contributed by atoms with Crippen molar-refractivity contribution >= 4 is 21.5 Å². The van der Waals surface area contributed by atoms with Crippen LogP contribution in [0.1, 0.15) is 74.9 Å². The van der Waals surface area contributed by atoms with Gasteiger partial charge in [0.2, 0.25) is 0 Å². The van der Waals surface area contributed by atoms with Crippen LogP contribution < -0.4 is 0 Å². The summed E-state index contributed by atoms with van der Waals surface area (Å²) < 4.78 is 0. The molecule has 0 fully saturated rings. The number of fused-ring (bicyclic) bond motifs is 11. The number of hydrogen-bond donors (Lipinski definition) is 0. The molecule has 0 saturated carbocycles. The van der Waals surface area contributed by atoms with Crippen LogP contribution in [0.4, 0.5) is 0 Å². The summed E-state index contributed by atoms with van der Waals surface area (Å²) in [6, 6.07) is 74.1. The molecule has 0 unspecified atom stereocenters. The smallest absolute Gasteiger partial charge is 0.0159 e. The van der Waals surface area contributed by atoms with Gasteiger partial charge < -0.3 is 0 Å². The van der Waals surface area contributed by atoms with Crippen molar-refractivity contribution < 1.29 is 0 Å². The third-order valence-electron chi connectivity index (χ3n) is 15.9. The van der Waals surface area contributed by atoms with Crippen molar-refractivity contribution in [3.63, 3.8) is 0 Å². The third-order valence-corrected chi connectivity index (χ3v) is 15.9. The topological polar surface area (TPSA) is 0 Å². The van der Waals surface area contributed by atoms with Crippen LogP contribution in [0.25, 0.3) is 99.4 Å². The third kappa shape index (κ3) is 5.32. The van der Waals surface area contributed by atoms with Gasteiger partial charge >= 0.3 is 0 Å². The largest absolute Gasteiger partial charge is 0.0622 e. The van der Waals surface area contributed by atoms with Gasteiger partial charge in [-0.15, -0.1) is 0 Å². The molecule has 10 aromatic carbocycles. The van der Waals surface area contributed by atoms with Gasteiger partial charge in [-0.3, -0.25) is 0 Å². The van der Waals surface area contributed by atoms with E-state index < -0.39 is 0 Å². The van der Waals surface area contributed by atoms with Gasteiger partial charge in [0.1, 0.15) is 0 Å². The first-order valence-corrected chi connectivity index (χ1v) is 23.3. The van der Waals surface area contributed by atoms with Gasteiger partial charge in [0, 0.05) is 16.2 Å². The summed E-state index contributed by atoms with van der Waals surface area (Å²) in [5.74, 6) is 0. The monoisotopic (exact) mass is 830 g/mol. The lowest BCUT2D eigenvalue weighted by Gasteiger charge is -2.26. The molecule has 0 heterocycles. The van der Waals surface area contributed by atoms with Crippen molar-refractivity contribution in [2.24, 2.45) is 0 Å². The van der Waals surface area contributed by atoms with Crippen molar-refractivity contribution in [3.8, 4) is 77.9 Å². The molecule has 0 nitrogen and oxygen atoms in total.